The highest BCUT2D eigenvalue weighted by Gasteiger charge is 2.27. The lowest BCUT2D eigenvalue weighted by Gasteiger charge is -2.21. The molecule has 0 aliphatic rings. The smallest absolute Gasteiger partial charge is 0.126 e. The van der Waals surface area contributed by atoms with Crippen LogP contribution in [0, 0.1) is 5.92 Å². The summed E-state index contributed by atoms with van der Waals surface area (Å²) in [7, 11) is 0. The molecule has 0 radical (unpaired) electrons. The Bertz CT molecular complexity index is 416. The van der Waals surface area contributed by atoms with Gasteiger partial charge in [0.25, 0.3) is 0 Å². The van der Waals surface area contributed by atoms with Crippen molar-refractivity contribution in [3.05, 3.63) is 23.8 Å². The first-order valence-electron chi connectivity index (χ1n) is 6.50. The van der Waals surface area contributed by atoms with Crippen molar-refractivity contribution in [2.45, 2.75) is 44.7 Å². The Balaban J connectivity index is 2.82. The molecule has 0 saturated heterocycles. The van der Waals surface area contributed by atoms with Gasteiger partial charge in [0.1, 0.15) is 18.3 Å². The van der Waals surface area contributed by atoms with E-state index in [1.54, 1.807) is 6.92 Å². The van der Waals surface area contributed by atoms with Crippen molar-refractivity contribution in [1.29, 1.82) is 0 Å². The van der Waals surface area contributed by atoms with E-state index in [2.05, 4.69) is 9.97 Å². The molecule has 0 amide bonds. The Morgan fingerprint density at radius 2 is 1.75 bits per heavy atom. The first kappa shape index (κ1) is 16.9. The maximum atomic E-state index is 9.89. The van der Waals surface area contributed by atoms with Gasteiger partial charge < -0.3 is 25.5 Å². The van der Waals surface area contributed by atoms with Gasteiger partial charge in [-0.25, -0.2) is 0 Å². The fraction of sp³-hybridized carbons (Fsp3) is 0.692. The van der Waals surface area contributed by atoms with E-state index in [1.807, 2.05) is 6.92 Å². The molecule has 1 aromatic rings. The van der Waals surface area contributed by atoms with Crippen LogP contribution in [0.25, 0.3) is 0 Å². The molecule has 1 aromatic heterocycles. The third kappa shape index (κ3) is 4.46. The van der Waals surface area contributed by atoms with Gasteiger partial charge in [0.15, 0.2) is 0 Å². The van der Waals surface area contributed by atoms with Crippen molar-refractivity contribution in [2.75, 3.05) is 6.61 Å². The average molecular weight is 286 g/mol. The molecule has 5 N–H and O–H groups in total. The molecular formula is C13H22N2O5. The average Bonchev–Trinajstić information content (AvgIpc) is 2.44. The van der Waals surface area contributed by atoms with Gasteiger partial charge >= 0.3 is 0 Å². The molecule has 0 saturated carbocycles. The van der Waals surface area contributed by atoms with Gasteiger partial charge in [-0.15, -0.1) is 0 Å². The van der Waals surface area contributed by atoms with Gasteiger partial charge in [-0.2, -0.15) is 0 Å². The van der Waals surface area contributed by atoms with E-state index >= 15 is 0 Å². The Labute approximate surface area is 117 Å². The Morgan fingerprint density at radius 1 is 1.10 bits per heavy atom. The lowest BCUT2D eigenvalue weighted by Crippen LogP contribution is -2.35. The predicted octanol–water partition coefficient (Wildman–Crippen LogP) is -1.22. The third-order valence-electron chi connectivity index (χ3n) is 3.27. The van der Waals surface area contributed by atoms with E-state index in [1.165, 1.54) is 12.4 Å². The first-order valence-corrected chi connectivity index (χ1v) is 6.50. The summed E-state index contributed by atoms with van der Waals surface area (Å²) in [6.07, 6.45) is -1.65. The van der Waals surface area contributed by atoms with E-state index in [9.17, 15) is 20.4 Å². The van der Waals surface area contributed by atoms with Gasteiger partial charge in [0, 0.05) is 6.20 Å². The number of hydrogen-bond donors (Lipinski definition) is 5. The van der Waals surface area contributed by atoms with E-state index in [4.69, 9.17) is 5.11 Å². The maximum absolute atomic E-state index is 9.89. The van der Waals surface area contributed by atoms with Crippen LogP contribution in [0.15, 0.2) is 12.4 Å². The van der Waals surface area contributed by atoms with Crippen LogP contribution in [0.1, 0.15) is 31.3 Å². The molecule has 0 bridgehead atoms. The fourth-order valence-electron chi connectivity index (χ4n) is 1.66. The summed E-state index contributed by atoms with van der Waals surface area (Å²) in [6, 6.07) is 0. The summed E-state index contributed by atoms with van der Waals surface area (Å²) in [5.74, 6) is -0.0235. The summed E-state index contributed by atoms with van der Waals surface area (Å²) >= 11 is 0. The fourth-order valence-corrected chi connectivity index (χ4v) is 1.66. The van der Waals surface area contributed by atoms with Crippen molar-refractivity contribution in [3.63, 3.8) is 0 Å². The molecule has 5 atom stereocenters. The van der Waals surface area contributed by atoms with Crippen LogP contribution in [-0.4, -0.2) is 60.4 Å². The van der Waals surface area contributed by atoms with Crippen LogP contribution >= 0.6 is 0 Å². The maximum Gasteiger partial charge on any atom is 0.126 e. The van der Waals surface area contributed by atoms with Crippen LogP contribution in [0.5, 0.6) is 0 Å². The summed E-state index contributed by atoms with van der Waals surface area (Å²) in [5, 5.41) is 47.0. The number of aromatic nitrogens is 2. The van der Waals surface area contributed by atoms with Gasteiger partial charge in [-0.3, -0.25) is 9.97 Å². The molecule has 20 heavy (non-hydrogen) atoms. The molecule has 7 heteroatoms. The van der Waals surface area contributed by atoms with Crippen molar-refractivity contribution in [2.24, 2.45) is 5.92 Å². The topological polar surface area (TPSA) is 127 Å². The lowest BCUT2D eigenvalue weighted by atomic mass is 10.00. The second kappa shape index (κ2) is 7.61. The Kier molecular flexibility index (Phi) is 6.44. The van der Waals surface area contributed by atoms with Gasteiger partial charge in [0.2, 0.25) is 0 Å². The molecule has 114 valence electrons. The molecule has 1 rings (SSSR count). The normalized spacial score (nSPS) is 19.1. The summed E-state index contributed by atoms with van der Waals surface area (Å²) in [5.41, 5.74) is 0.681. The van der Waals surface area contributed by atoms with Crippen molar-refractivity contribution in [3.8, 4) is 0 Å². The van der Waals surface area contributed by atoms with Crippen LogP contribution in [0.2, 0.25) is 0 Å². The van der Waals surface area contributed by atoms with Crippen LogP contribution < -0.4 is 0 Å². The van der Waals surface area contributed by atoms with Gasteiger partial charge in [-0.1, -0.05) is 6.92 Å². The quantitative estimate of drug-likeness (QED) is 0.425. The Hall–Kier alpha value is -1.12. The highest BCUT2D eigenvalue weighted by Crippen LogP contribution is 2.18. The summed E-state index contributed by atoms with van der Waals surface area (Å²) < 4.78 is 0. The van der Waals surface area contributed by atoms with Crippen molar-refractivity contribution in [1.82, 2.24) is 9.97 Å². The van der Waals surface area contributed by atoms with Crippen LogP contribution in [0.3, 0.4) is 0 Å². The van der Waals surface area contributed by atoms with Gasteiger partial charge in [-0.05, 0) is 19.3 Å². The minimum Gasteiger partial charge on any atom is -0.394 e. The van der Waals surface area contributed by atoms with Gasteiger partial charge in [0.05, 0.1) is 30.3 Å². The monoisotopic (exact) mass is 286 g/mol. The van der Waals surface area contributed by atoms with Crippen LogP contribution in [0.4, 0.5) is 0 Å². The minimum absolute atomic E-state index is 0.0235. The molecular weight excluding hydrogens is 264 g/mol. The van der Waals surface area contributed by atoms with E-state index < -0.39 is 31.0 Å². The Morgan fingerprint density at radius 3 is 2.30 bits per heavy atom. The number of rotatable bonds is 7. The molecule has 0 aliphatic heterocycles. The number of nitrogens with zero attached hydrogens (tertiary/aromatic N) is 2. The molecule has 1 heterocycles. The second-order valence-electron chi connectivity index (χ2n) is 5.04. The van der Waals surface area contributed by atoms with Crippen molar-refractivity contribution >= 4 is 0 Å². The molecule has 0 spiro atoms. The van der Waals surface area contributed by atoms with E-state index in [0.717, 1.165) is 0 Å². The predicted molar refractivity (Wildman–Crippen MR) is 70.6 cm³/mol. The molecule has 0 aliphatic carbocycles. The number of aliphatic hydroxyl groups excluding tert-OH is 5. The second-order valence-corrected chi connectivity index (χ2v) is 5.04. The molecule has 0 fully saturated rings. The van der Waals surface area contributed by atoms with Crippen LogP contribution in [-0.2, 0) is 6.42 Å². The molecule has 0 aromatic carbocycles. The summed E-state index contributed by atoms with van der Waals surface area (Å²) in [4.78, 5) is 8.08. The molecule has 7 nitrogen and oxygen atoms in total. The highest BCUT2D eigenvalue weighted by molar-refractivity contribution is 5.08. The largest absolute Gasteiger partial charge is 0.394 e. The zero-order chi connectivity index (χ0) is 15.3. The zero-order valence-corrected chi connectivity index (χ0v) is 11.6. The molecule has 5 unspecified atom stereocenters. The third-order valence-corrected chi connectivity index (χ3v) is 3.27. The minimum atomic E-state index is -1.54. The van der Waals surface area contributed by atoms with E-state index in [-0.39, 0.29) is 11.6 Å². The lowest BCUT2D eigenvalue weighted by molar-refractivity contribution is -0.0791. The summed E-state index contributed by atoms with van der Waals surface area (Å²) in [6.45, 7) is 2.88. The number of hydrogen-bond acceptors (Lipinski definition) is 7. The first-order chi connectivity index (χ1) is 9.36. The standard InChI is InChI=1S/C13H22N2O5/c1-7(8(2)17)3-9-4-14-5-10(15-9)12(19)13(20)11(18)6-16/h4-5,7-8,11-13,16-20H,3,6H2,1-2H3. The highest BCUT2D eigenvalue weighted by atomic mass is 16.4. The number of aliphatic hydroxyl groups is 5. The van der Waals surface area contributed by atoms with Crippen molar-refractivity contribution < 1.29 is 25.5 Å². The SMILES string of the molecule is CC(O)C(C)Cc1cncc(C(O)C(O)C(O)CO)n1. The van der Waals surface area contributed by atoms with E-state index in [0.29, 0.717) is 12.1 Å². The zero-order valence-electron chi connectivity index (χ0n) is 11.6.